The number of hydrogen-bond donors (Lipinski definition) is 1. The van der Waals surface area contributed by atoms with Crippen molar-refractivity contribution in [2.75, 3.05) is 5.32 Å². The van der Waals surface area contributed by atoms with Crippen LogP contribution in [-0.2, 0) is 6.54 Å². The van der Waals surface area contributed by atoms with E-state index < -0.39 is 0 Å². The molecule has 1 aromatic heterocycles. The van der Waals surface area contributed by atoms with Crippen LogP contribution in [-0.4, -0.2) is 12.4 Å². The number of fused-ring (bicyclic) bond motifs is 5. The van der Waals surface area contributed by atoms with Crippen LogP contribution in [0.4, 0.5) is 11.4 Å². The number of aromatic nitrogens is 1. The SMILES string of the molecule is [B]c1ccc2c(c1)c1cc3c(cc1n2CC=C)Nc1cccc2cccc-3c12. The van der Waals surface area contributed by atoms with Crippen LogP contribution >= 0.6 is 0 Å². The molecule has 130 valence electrons. The van der Waals surface area contributed by atoms with Crippen LogP contribution in [0.1, 0.15) is 0 Å². The van der Waals surface area contributed by atoms with E-state index in [1.807, 2.05) is 12.1 Å². The Morgan fingerprint density at radius 3 is 2.54 bits per heavy atom. The molecule has 5 aromatic rings. The highest BCUT2D eigenvalue weighted by atomic mass is 15.0. The van der Waals surface area contributed by atoms with Gasteiger partial charge in [-0.05, 0) is 35.2 Å². The Hall–Kier alpha value is -3.46. The molecule has 0 amide bonds. The Labute approximate surface area is 164 Å². The number of nitrogens with one attached hydrogen (secondary N) is 1. The van der Waals surface area contributed by atoms with Crippen LogP contribution < -0.4 is 10.8 Å². The monoisotopic (exact) mass is 356 g/mol. The first kappa shape index (κ1) is 15.6. The fourth-order valence-corrected chi connectivity index (χ4v) is 4.63. The molecule has 2 nitrogen and oxygen atoms in total. The molecule has 3 heteroatoms. The van der Waals surface area contributed by atoms with E-state index in [0.717, 1.165) is 23.4 Å². The van der Waals surface area contributed by atoms with Gasteiger partial charge in [0.15, 0.2) is 0 Å². The number of hydrogen-bond acceptors (Lipinski definition) is 1. The van der Waals surface area contributed by atoms with E-state index in [2.05, 4.69) is 77.1 Å². The molecule has 1 N–H and O–H groups in total. The molecule has 2 heterocycles. The summed E-state index contributed by atoms with van der Waals surface area (Å²) in [7, 11) is 6.12. The molecule has 0 aliphatic carbocycles. The molecule has 1 aliphatic rings. The third-order valence-corrected chi connectivity index (χ3v) is 5.80. The summed E-state index contributed by atoms with van der Waals surface area (Å²) in [6, 6.07) is 23.7. The van der Waals surface area contributed by atoms with Gasteiger partial charge in [-0.25, -0.2) is 0 Å². The smallest absolute Gasteiger partial charge is 0.113 e. The van der Waals surface area contributed by atoms with Crippen molar-refractivity contribution in [2.45, 2.75) is 6.54 Å². The molecule has 0 atom stereocenters. The lowest BCUT2D eigenvalue weighted by molar-refractivity contribution is 0.901. The first-order valence-corrected chi connectivity index (χ1v) is 9.50. The van der Waals surface area contributed by atoms with Gasteiger partial charge in [-0.2, -0.15) is 0 Å². The molecule has 2 radical (unpaired) electrons. The molecule has 0 saturated heterocycles. The zero-order chi connectivity index (χ0) is 18.8. The van der Waals surface area contributed by atoms with Crippen molar-refractivity contribution >= 4 is 57.3 Å². The first-order chi connectivity index (χ1) is 13.7. The number of rotatable bonds is 2. The number of allylic oxidation sites excluding steroid dienone is 1. The van der Waals surface area contributed by atoms with Gasteiger partial charge in [-0.3, -0.25) is 0 Å². The molecule has 28 heavy (non-hydrogen) atoms. The fraction of sp³-hybridized carbons (Fsp3) is 0.0400. The van der Waals surface area contributed by atoms with Gasteiger partial charge in [0.25, 0.3) is 0 Å². The van der Waals surface area contributed by atoms with Crippen LogP contribution in [0.2, 0.25) is 0 Å². The summed E-state index contributed by atoms with van der Waals surface area (Å²) in [5.41, 5.74) is 7.97. The largest absolute Gasteiger partial charge is 0.354 e. The van der Waals surface area contributed by atoms with Gasteiger partial charge in [0.05, 0.1) is 5.52 Å². The molecule has 0 fully saturated rings. The zero-order valence-corrected chi connectivity index (χ0v) is 15.4. The molecule has 0 saturated carbocycles. The Kier molecular flexibility index (Phi) is 3.08. The van der Waals surface area contributed by atoms with Crippen molar-refractivity contribution in [1.82, 2.24) is 4.57 Å². The van der Waals surface area contributed by atoms with Crippen molar-refractivity contribution in [3.05, 3.63) is 79.4 Å². The van der Waals surface area contributed by atoms with E-state index in [4.69, 9.17) is 7.85 Å². The first-order valence-electron chi connectivity index (χ1n) is 9.50. The third kappa shape index (κ3) is 1.99. The lowest BCUT2D eigenvalue weighted by Gasteiger charge is -2.23. The minimum atomic E-state index is 0.759. The average molecular weight is 356 g/mol. The molecule has 0 spiro atoms. The maximum Gasteiger partial charge on any atom is 0.113 e. The van der Waals surface area contributed by atoms with Gasteiger partial charge in [0.1, 0.15) is 7.85 Å². The quantitative estimate of drug-likeness (QED) is 0.313. The highest BCUT2D eigenvalue weighted by Crippen LogP contribution is 2.46. The second-order valence-corrected chi connectivity index (χ2v) is 7.43. The maximum absolute atomic E-state index is 6.12. The maximum atomic E-state index is 6.12. The Balaban J connectivity index is 1.76. The highest BCUT2D eigenvalue weighted by molar-refractivity contribution is 6.34. The topological polar surface area (TPSA) is 17.0 Å². The van der Waals surface area contributed by atoms with Gasteiger partial charge in [-0.1, -0.05) is 54.0 Å². The van der Waals surface area contributed by atoms with Gasteiger partial charge >= 0.3 is 0 Å². The standard InChI is InChI=1S/C25H17BN2/c1-2-11-28-23-10-9-16(26)12-19(23)20-13-18-17-7-3-5-15-6-4-8-21(25(15)17)27-22(18)14-24(20)28/h2-10,12-14,27H,1,11H2. The van der Waals surface area contributed by atoms with E-state index in [1.165, 1.54) is 43.7 Å². The number of benzene rings is 4. The summed E-state index contributed by atoms with van der Waals surface area (Å²) < 4.78 is 2.31. The van der Waals surface area contributed by atoms with E-state index in [-0.39, 0.29) is 0 Å². The van der Waals surface area contributed by atoms with Gasteiger partial charge in [0, 0.05) is 45.2 Å². The summed E-state index contributed by atoms with van der Waals surface area (Å²) in [5.74, 6) is 0. The van der Waals surface area contributed by atoms with Crippen molar-refractivity contribution in [1.29, 1.82) is 0 Å². The summed E-state index contributed by atoms with van der Waals surface area (Å²) in [4.78, 5) is 0. The molecule has 0 unspecified atom stereocenters. The van der Waals surface area contributed by atoms with E-state index in [1.54, 1.807) is 0 Å². The lowest BCUT2D eigenvalue weighted by atomic mass is 9.90. The van der Waals surface area contributed by atoms with Crippen LogP contribution in [0.25, 0.3) is 43.7 Å². The Bertz CT molecular complexity index is 1440. The molecule has 1 aliphatic heterocycles. The third-order valence-electron chi connectivity index (χ3n) is 5.80. The van der Waals surface area contributed by atoms with Crippen LogP contribution in [0, 0.1) is 0 Å². The van der Waals surface area contributed by atoms with Crippen LogP contribution in [0.5, 0.6) is 0 Å². The van der Waals surface area contributed by atoms with Gasteiger partial charge in [-0.15, -0.1) is 6.58 Å². The normalized spacial score (nSPS) is 12.3. The summed E-state index contributed by atoms with van der Waals surface area (Å²) in [6.45, 7) is 4.71. The lowest BCUT2D eigenvalue weighted by Crippen LogP contribution is -2.02. The molecule has 6 rings (SSSR count). The van der Waals surface area contributed by atoms with Crippen molar-refractivity contribution in [2.24, 2.45) is 0 Å². The van der Waals surface area contributed by atoms with E-state index in [0.29, 0.717) is 0 Å². The van der Waals surface area contributed by atoms with Crippen LogP contribution in [0.3, 0.4) is 0 Å². The Morgan fingerprint density at radius 2 is 1.68 bits per heavy atom. The van der Waals surface area contributed by atoms with Crippen LogP contribution in [0.15, 0.2) is 79.4 Å². The minimum absolute atomic E-state index is 0.759. The van der Waals surface area contributed by atoms with Crippen molar-refractivity contribution in [3.8, 4) is 11.1 Å². The highest BCUT2D eigenvalue weighted by Gasteiger charge is 2.20. The van der Waals surface area contributed by atoms with Crippen molar-refractivity contribution < 1.29 is 0 Å². The molecule has 0 bridgehead atoms. The molecule has 4 aromatic carbocycles. The van der Waals surface area contributed by atoms with Gasteiger partial charge in [0.2, 0.25) is 0 Å². The van der Waals surface area contributed by atoms with Crippen molar-refractivity contribution in [3.63, 3.8) is 0 Å². The summed E-state index contributed by atoms with van der Waals surface area (Å²) in [6.07, 6.45) is 1.94. The molecular formula is C25H17BN2. The zero-order valence-electron chi connectivity index (χ0n) is 15.4. The average Bonchev–Trinajstić information content (AvgIpc) is 3.00. The summed E-state index contributed by atoms with van der Waals surface area (Å²) >= 11 is 0. The molecular weight excluding hydrogens is 339 g/mol. The Morgan fingerprint density at radius 1 is 0.857 bits per heavy atom. The second kappa shape index (κ2) is 5.52. The van der Waals surface area contributed by atoms with E-state index in [9.17, 15) is 0 Å². The van der Waals surface area contributed by atoms with Gasteiger partial charge < -0.3 is 9.88 Å². The second-order valence-electron chi connectivity index (χ2n) is 7.43. The number of nitrogens with zero attached hydrogens (tertiary/aromatic N) is 1. The summed E-state index contributed by atoms with van der Waals surface area (Å²) in [5, 5.41) is 8.61. The number of anilines is 2. The fourth-order valence-electron chi connectivity index (χ4n) is 4.63. The predicted octanol–water partition coefficient (Wildman–Crippen LogP) is 5.65. The van der Waals surface area contributed by atoms with E-state index >= 15 is 0 Å². The predicted molar refractivity (Wildman–Crippen MR) is 121 cm³/mol. The minimum Gasteiger partial charge on any atom is -0.354 e.